The third kappa shape index (κ3) is 3.63. The van der Waals surface area contributed by atoms with E-state index >= 15 is 0 Å². The molecule has 1 heterocycles. The Kier molecular flexibility index (Phi) is 4.26. The number of aliphatic hydroxyl groups is 1. The lowest BCUT2D eigenvalue weighted by Gasteiger charge is -2.05. The van der Waals surface area contributed by atoms with Crippen LogP contribution < -0.4 is 0 Å². The minimum atomic E-state index is -0.918. The number of rotatable bonds is 4. The largest absolute Gasteiger partial charge is 0.364 e. The third-order valence-corrected chi connectivity index (χ3v) is 2.58. The number of aromatic nitrogens is 1. The molecule has 1 N–H and O–H groups in total. The van der Waals surface area contributed by atoms with Gasteiger partial charge < -0.3 is 9.94 Å². The molecule has 0 spiro atoms. The smallest absolute Gasteiger partial charge is 0.221 e. The highest BCUT2D eigenvalue weighted by molar-refractivity contribution is 5.96. The predicted molar refractivity (Wildman–Crippen MR) is 74.6 cm³/mol. The third-order valence-electron chi connectivity index (χ3n) is 2.58. The van der Waals surface area contributed by atoms with Gasteiger partial charge >= 0.3 is 0 Å². The van der Waals surface area contributed by atoms with Gasteiger partial charge in [-0.1, -0.05) is 41.6 Å². The van der Waals surface area contributed by atoms with Crippen LogP contribution in [0, 0.1) is 0 Å². The van der Waals surface area contributed by atoms with Crippen molar-refractivity contribution < 1.29 is 9.94 Å². The zero-order valence-electron chi connectivity index (χ0n) is 10.9. The van der Waals surface area contributed by atoms with Crippen molar-refractivity contribution in [2.24, 2.45) is 5.16 Å². The molecule has 1 unspecified atom stereocenters. The van der Waals surface area contributed by atoms with Gasteiger partial charge in [-0.15, -0.1) is 0 Å². The summed E-state index contributed by atoms with van der Waals surface area (Å²) in [5, 5.41) is 12.8. The molecule has 4 nitrogen and oxygen atoms in total. The Bertz CT molecular complexity index is 548. The van der Waals surface area contributed by atoms with E-state index in [4.69, 9.17) is 9.94 Å². The first kappa shape index (κ1) is 13.2. The number of pyridine rings is 1. The second-order valence-electron chi connectivity index (χ2n) is 4.18. The molecule has 0 aliphatic carbocycles. The van der Waals surface area contributed by atoms with Crippen LogP contribution in [0.1, 0.15) is 19.5 Å². The lowest BCUT2D eigenvalue weighted by molar-refractivity contribution is -0.0837. The molecule has 98 valence electrons. The molecule has 0 bridgehead atoms. The van der Waals surface area contributed by atoms with E-state index < -0.39 is 6.29 Å². The Morgan fingerprint density at radius 3 is 2.47 bits per heavy atom. The fourth-order valence-corrected chi connectivity index (χ4v) is 1.61. The van der Waals surface area contributed by atoms with Gasteiger partial charge in [-0.25, -0.2) is 0 Å². The van der Waals surface area contributed by atoms with E-state index in [1.807, 2.05) is 42.5 Å². The van der Waals surface area contributed by atoms with Crippen LogP contribution in [0.5, 0.6) is 0 Å². The highest BCUT2D eigenvalue weighted by atomic mass is 16.7. The van der Waals surface area contributed by atoms with Gasteiger partial charge in [-0.05, 0) is 18.6 Å². The van der Waals surface area contributed by atoms with Crippen LogP contribution >= 0.6 is 0 Å². The minimum absolute atomic E-state index is 0.625. The lowest BCUT2D eigenvalue weighted by atomic mass is 10.1. The second-order valence-corrected chi connectivity index (χ2v) is 4.18. The SMILES string of the molecule is CC(=NOC(C)O)c1ccc(-c2ccccc2)cn1. The first-order valence-electron chi connectivity index (χ1n) is 6.07. The second kappa shape index (κ2) is 6.11. The minimum Gasteiger partial charge on any atom is -0.364 e. The summed E-state index contributed by atoms with van der Waals surface area (Å²) in [6, 6.07) is 13.9. The van der Waals surface area contributed by atoms with Crippen LogP contribution in [0.4, 0.5) is 0 Å². The van der Waals surface area contributed by atoms with Crippen molar-refractivity contribution in [3.05, 3.63) is 54.4 Å². The van der Waals surface area contributed by atoms with Crippen LogP contribution in [-0.4, -0.2) is 22.1 Å². The van der Waals surface area contributed by atoms with Crippen LogP contribution in [0.2, 0.25) is 0 Å². The summed E-state index contributed by atoms with van der Waals surface area (Å²) in [5.41, 5.74) is 3.52. The van der Waals surface area contributed by atoms with Crippen molar-refractivity contribution in [3.8, 4) is 11.1 Å². The van der Waals surface area contributed by atoms with Crippen molar-refractivity contribution in [2.45, 2.75) is 20.1 Å². The van der Waals surface area contributed by atoms with Gasteiger partial charge in [-0.2, -0.15) is 0 Å². The Balaban J connectivity index is 2.17. The molecule has 0 saturated carbocycles. The maximum atomic E-state index is 8.99. The van der Waals surface area contributed by atoms with Gasteiger partial charge in [-0.3, -0.25) is 4.98 Å². The quantitative estimate of drug-likeness (QED) is 0.520. The van der Waals surface area contributed by atoms with E-state index in [9.17, 15) is 0 Å². The summed E-state index contributed by atoms with van der Waals surface area (Å²) in [6.45, 7) is 3.29. The standard InChI is InChI=1S/C15H16N2O2/c1-11(17-19-12(2)18)15-9-8-14(10-16-15)13-6-4-3-5-7-13/h3-10,12,18H,1-2H3. The normalized spacial score (nSPS) is 13.1. The molecule has 2 aromatic rings. The Hall–Kier alpha value is -2.20. The Labute approximate surface area is 112 Å². The van der Waals surface area contributed by atoms with Crippen molar-refractivity contribution in [1.82, 2.24) is 4.98 Å². The summed E-state index contributed by atoms with van der Waals surface area (Å²) in [6.07, 6.45) is 0.880. The van der Waals surface area contributed by atoms with Crippen molar-refractivity contribution in [2.75, 3.05) is 0 Å². The Morgan fingerprint density at radius 1 is 1.16 bits per heavy atom. The van der Waals surface area contributed by atoms with Gasteiger partial charge in [0.05, 0.1) is 5.69 Å². The van der Waals surface area contributed by atoms with Crippen LogP contribution in [0.15, 0.2) is 53.8 Å². The number of hydrogen-bond acceptors (Lipinski definition) is 4. The topological polar surface area (TPSA) is 54.7 Å². The van der Waals surface area contributed by atoms with Gasteiger partial charge in [0.1, 0.15) is 5.71 Å². The molecule has 1 aromatic carbocycles. The number of oxime groups is 1. The van der Waals surface area contributed by atoms with Crippen molar-refractivity contribution in [3.63, 3.8) is 0 Å². The summed E-state index contributed by atoms with van der Waals surface area (Å²) in [5.74, 6) is 0. The molecule has 0 aliphatic rings. The van der Waals surface area contributed by atoms with Gasteiger partial charge in [0, 0.05) is 18.7 Å². The first-order valence-corrected chi connectivity index (χ1v) is 6.07. The molecule has 0 aliphatic heterocycles. The maximum Gasteiger partial charge on any atom is 0.221 e. The number of benzene rings is 1. The molecule has 0 fully saturated rings. The monoisotopic (exact) mass is 256 g/mol. The maximum absolute atomic E-state index is 8.99. The number of nitrogens with zero attached hydrogens (tertiary/aromatic N) is 2. The zero-order valence-corrected chi connectivity index (χ0v) is 10.9. The average molecular weight is 256 g/mol. The summed E-state index contributed by atoms with van der Waals surface area (Å²) >= 11 is 0. The molecule has 1 atom stereocenters. The van der Waals surface area contributed by atoms with E-state index in [-0.39, 0.29) is 0 Å². The molecule has 2 rings (SSSR count). The summed E-state index contributed by atoms with van der Waals surface area (Å²) in [7, 11) is 0. The van der Waals surface area contributed by atoms with Crippen molar-refractivity contribution >= 4 is 5.71 Å². The van der Waals surface area contributed by atoms with Crippen LogP contribution in [0.3, 0.4) is 0 Å². The van der Waals surface area contributed by atoms with Crippen LogP contribution in [-0.2, 0) is 4.84 Å². The van der Waals surface area contributed by atoms with Crippen LogP contribution in [0.25, 0.3) is 11.1 Å². The van der Waals surface area contributed by atoms with Crippen molar-refractivity contribution in [1.29, 1.82) is 0 Å². The lowest BCUT2D eigenvalue weighted by Crippen LogP contribution is -2.05. The number of hydrogen-bond donors (Lipinski definition) is 1. The molecule has 19 heavy (non-hydrogen) atoms. The Morgan fingerprint density at radius 2 is 1.89 bits per heavy atom. The molecule has 0 amide bonds. The predicted octanol–water partition coefficient (Wildman–Crippen LogP) is 2.83. The zero-order chi connectivity index (χ0) is 13.7. The van der Waals surface area contributed by atoms with Gasteiger partial charge in [0.15, 0.2) is 0 Å². The first-order chi connectivity index (χ1) is 9.16. The fourth-order valence-electron chi connectivity index (χ4n) is 1.61. The van der Waals surface area contributed by atoms with E-state index in [1.165, 1.54) is 6.92 Å². The highest BCUT2D eigenvalue weighted by Gasteiger charge is 2.02. The summed E-state index contributed by atoms with van der Waals surface area (Å²) < 4.78 is 0. The average Bonchev–Trinajstić information content (AvgIpc) is 2.46. The molecule has 4 heteroatoms. The van der Waals surface area contributed by atoms with E-state index in [2.05, 4.69) is 10.1 Å². The molecule has 0 radical (unpaired) electrons. The van der Waals surface area contributed by atoms with E-state index in [1.54, 1.807) is 13.1 Å². The van der Waals surface area contributed by atoms with Gasteiger partial charge in [0.2, 0.25) is 6.29 Å². The molecular formula is C15H16N2O2. The molecule has 1 aromatic heterocycles. The van der Waals surface area contributed by atoms with E-state index in [0.29, 0.717) is 5.71 Å². The van der Waals surface area contributed by atoms with Gasteiger partial charge in [0.25, 0.3) is 0 Å². The summed E-state index contributed by atoms with van der Waals surface area (Å²) in [4.78, 5) is 9.12. The van der Waals surface area contributed by atoms with E-state index in [0.717, 1.165) is 16.8 Å². The fraction of sp³-hybridized carbons (Fsp3) is 0.200. The highest BCUT2D eigenvalue weighted by Crippen LogP contribution is 2.17. The molecular weight excluding hydrogens is 240 g/mol. The number of aliphatic hydroxyl groups excluding tert-OH is 1. The molecule has 0 saturated heterocycles.